The van der Waals surface area contributed by atoms with Gasteiger partial charge in [0.2, 0.25) is 5.91 Å². The number of nitrogens with zero attached hydrogens (tertiary/aromatic N) is 3. The van der Waals surface area contributed by atoms with Crippen LogP contribution in [-0.2, 0) is 20.8 Å². The number of benzene rings is 2. The minimum absolute atomic E-state index is 0.236. The molecule has 0 atom stereocenters. The quantitative estimate of drug-likeness (QED) is 0.725. The Kier molecular flexibility index (Phi) is 7.61. The lowest BCUT2D eigenvalue weighted by Crippen LogP contribution is -2.50. The molecule has 4 rings (SSSR count). The zero-order valence-corrected chi connectivity index (χ0v) is 17.3. The van der Waals surface area contributed by atoms with Crippen molar-refractivity contribution in [3.05, 3.63) is 60.2 Å². The first-order valence-corrected chi connectivity index (χ1v) is 10.3. The highest BCUT2D eigenvalue weighted by atomic mass is 16.4. The lowest BCUT2D eigenvalue weighted by atomic mass is 10.0. The molecule has 0 aromatic heterocycles. The molecule has 0 aliphatic carbocycles. The number of fused-ring (bicyclic) bond motifs is 1. The molecule has 1 fully saturated rings. The maximum absolute atomic E-state index is 12.9. The van der Waals surface area contributed by atoms with Gasteiger partial charge >= 0.3 is 11.9 Å². The van der Waals surface area contributed by atoms with Crippen molar-refractivity contribution in [1.29, 1.82) is 0 Å². The first kappa shape index (κ1) is 22.3. The monoisotopic (exact) mass is 425 g/mol. The molecule has 2 aromatic rings. The number of amides is 1. The summed E-state index contributed by atoms with van der Waals surface area (Å²) >= 11 is 0. The van der Waals surface area contributed by atoms with Crippen LogP contribution in [0.2, 0.25) is 0 Å². The van der Waals surface area contributed by atoms with Gasteiger partial charge in [0, 0.05) is 44.1 Å². The van der Waals surface area contributed by atoms with Crippen molar-refractivity contribution < 1.29 is 24.6 Å². The van der Waals surface area contributed by atoms with E-state index in [-0.39, 0.29) is 5.91 Å². The number of carboxylic acid groups (broad SMARTS) is 2. The fraction of sp³-hybridized carbons (Fsp3) is 0.348. The number of aliphatic carboxylic acids is 2. The van der Waals surface area contributed by atoms with E-state index in [1.165, 1.54) is 11.3 Å². The highest BCUT2D eigenvalue weighted by molar-refractivity contribution is 6.27. The van der Waals surface area contributed by atoms with E-state index in [0.29, 0.717) is 6.54 Å². The number of para-hydroxylation sites is 2. The first-order chi connectivity index (χ1) is 15.0. The highest BCUT2D eigenvalue weighted by Gasteiger charge is 2.25. The topological polar surface area (TPSA) is 101 Å². The first-order valence-electron chi connectivity index (χ1n) is 10.3. The van der Waals surface area contributed by atoms with Gasteiger partial charge in [-0.05, 0) is 36.6 Å². The molecule has 1 amide bonds. The van der Waals surface area contributed by atoms with Gasteiger partial charge in [-0.2, -0.15) is 0 Å². The van der Waals surface area contributed by atoms with Crippen molar-refractivity contribution in [1.82, 2.24) is 4.90 Å². The Labute approximate surface area is 181 Å². The maximum Gasteiger partial charge on any atom is 0.414 e. The number of carbonyl (C=O) groups is 3. The fourth-order valence-corrected chi connectivity index (χ4v) is 3.87. The Morgan fingerprint density at radius 1 is 0.774 bits per heavy atom. The van der Waals surface area contributed by atoms with Gasteiger partial charge in [0.1, 0.15) is 0 Å². The number of aryl methyl sites for hydroxylation is 1. The Morgan fingerprint density at radius 3 is 2.03 bits per heavy atom. The summed E-state index contributed by atoms with van der Waals surface area (Å²) < 4.78 is 0. The van der Waals surface area contributed by atoms with Crippen LogP contribution >= 0.6 is 0 Å². The van der Waals surface area contributed by atoms with Crippen LogP contribution in [0.4, 0.5) is 11.4 Å². The van der Waals surface area contributed by atoms with E-state index < -0.39 is 11.9 Å². The third-order valence-electron chi connectivity index (χ3n) is 5.45. The third-order valence-corrected chi connectivity index (χ3v) is 5.45. The number of hydrogen-bond acceptors (Lipinski definition) is 5. The van der Waals surface area contributed by atoms with Gasteiger partial charge in [-0.15, -0.1) is 0 Å². The molecule has 31 heavy (non-hydrogen) atoms. The predicted octanol–water partition coefficient (Wildman–Crippen LogP) is 1.94. The van der Waals surface area contributed by atoms with E-state index in [4.69, 9.17) is 19.8 Å². The molecule has 0 spiro atoms. The van der Waals surface area contributed by atoms with E-state index in [2.05, 4.69) is 58.3 Å². The molecule has 2 heterocycles. The number of carboxylic acids is 2. The molecule has 1 saturated heterocycles. The normalized spacial score (nSPS) is 16.0. The van der Waals surface area contributed by atoms with E-state index in [9.17, 15) is 4.79 Å². The lowest BCUT2D eigenvalue weighted by Gasteiger charge is -2.37. The zero-order chi connectivity index (χ0) is 22.2. The van der Waals surface area contributed by atoms with Gasteiger partial charge in [0.25, 0.3) is 0 Å². The summed E-state index contributed by atoms with van der Waals surface area (Å²) in [5.74, 6) is -3.41. The second kappa shape index (κ2) is 10.6. The molecule has 0 saturated carbocycles. The molecule has 0 unspecified atom stereocenters. The summed E-state index contributed by atoms with van der Waals surface area (Å²) in [6, 6.07) is 18.9. The Balaban J connectivity index is 0.000000401. The molecule has 0 radical (unpaired) electrons. The van der Waals surface area contributed by atoms with Crippen LogP contribution in [0, 0.1) is 0 Å². The van der Waals surface area contributed by atoms with Crippen molar-refractivity contribution in [2.24, 2.45) is 0 Å². The van der Waals surface area contributed by atoms with E-state index >= 15 is 0 Å². The smallest absolute Gasteiger partial charge is 0.414 e. The summed E-state index contributed by atoms with van der Waals surface area (Å²) in [5, 5.41) is 14.8. The molecule has 8 nitrogen and oxygen atoms in total. The molecule has 2 N–H and O–H groups in total. The molecule has 164 valence electrons. The lowest BCUT2D eigenvalue weighted by molar-refractivity contribution is -0.159. The van der Waals surface area contributed by atoms with Crippen molar-refractivity contribution in [3.63, 3.8) is 0 Å². The fourth-order valence-electron chi connectivity index (χ4n) is 3.87. The average Bonchev–Trinajstić information content (AvgIpc) is 2.80. The van der Waals surface area contributed by atoms with Crippen LogP contribution in [0.1, 0.15) is 12.0 Å². The highest BCUT2D eigenvalue weighted by Crippen LogP contribution is 2.27. The van der Waals surface area contributed by atoms with Crippen LogP contribution in [-0.4, -0.2) is 72.2 Å². The van der Waals surface area contributed by atoms with Crippen LogP contribution < -0.4 is 9.80 Å². The van der Waals surface area contributed by atoms with Gasteiger partial charge in [-0.3, -0.25) is 9.69 Å². The maximum atomic E-state index is 12.9. The summed E-state index contributed by atoms with van der Waals surface area (Å²) in [5.41, 5.74) is 3.69. The Bertz CT molecular complexity index is 898. The summed E-state index contributed by atoms with van der Waals surface area (Å²) in [6.07, 6.45) is 2.14. The molecule has 2 aromatic carbocycles. The van der Waals surface area contributed by atoms with Crippen molar-refractivity contribution in [2.75, 3.05) is 49.1 Å². The minimum Gasteiger partial charge on any atom is -0.473 e. The number of hydrogen-bond donors (Lipinski definition) is 2. The van der Waals surface area contributed by atoms with Gasteiger partial charge in [0.05, 0.1) is 6.54 Å². The molecular formula is C23H27N3O5. The predicted molar refractivity (Wildman–Crippen MR) is 117 cm³/mol. The molecule has 2 aliphatic heterocycles. The summed E-state index contributed by atoms with van der Waals surface area (Å²) in [6.45, 7) is 5.21. The Hall–Kier alpha value is -3.39. The minimum atomic E-state index is -1.82. The van der Waals surface area contributed by atoms with Crippen LogP contribution in [0.3, 0.4) is 0 Å². The van der Waals surface area contributed by atoms with Gasteiger partial charge in [-0.1, -0.05) is 36.4 Å². The van der Waals surface area contributed by atoms with Crippen LogP contribution in [0.15, 0.2) is 54.6 Å². The van der Waals surface area contributed by atoms with E-state index in [1.54, 1.807) is 0 Å². The molecule has 0 bridgehead atoms. The molecular weight excluding hydrogens is 398 g/mol. The van der Waals surface area contributed by atoms with Gasteiger partial charge < -0.3 is 20.0 Å². The second-order valence-corrected chi connectivity index (χ2v) is 7.49. The van der Waals surface area contributed by atoms with Crippen molar-refractivity contribution >= 4 is 29.2 Å². The van der Waals surface area contributed by atoms with Crippen molar-refractivity contribution in [3.8, 4) is 0 Å². The summed E-state index contributed by atoms with van der Waals surface area (Å²) in [7, 11) is 0. The Morgan fingerprint density at radius 2 is 1.39 bits per heavy atom. The second-order valence-electron chi connectivity index (χ2n) is 7.49. The largest absolute Gasteiger partial charge is 0.473 e. The number of anilines is 2. The SMILES string of the molecule is O=C(CN1CCN(c2ccccc2)CC1)N1CCCc2ccccc21.O=C(O)C(=O)O. The van der Waals surface area contributed by atoms with Gasteiger partial charge in [0.15, 0.2) is 0 Å². The number of piperazine rings is 1. The van der Waals surface area contributed by atoms with Gasteiger partial charge in [-0.25, -0.2) is 9.59 Å². The van der Waals surface area contributed by atoms with Crippen LogP contribution in [0.5, 0.6) is 0 Å². The standard InChI is InChI=1S/C21H25N3O.C2H2O4/c25-21(24-12-6-8-18-7-4-5-11-20(18)24)17-22-13-15-23(16-14-22)19-9-2-1-3-10-19;3-1(4)2(5)6/h1-5,7,9-11H,6,8,12-17H2;(H,3,4)(H,5,6). The molecule has 2 aliphatic rings. The molecule has 8 heteroatoms. The van der Waals surface area contributed by atoms with E-state index in [0.717, 1.165) is 51.3 Å². The van der Waals surface area contributed by atoms with Crippen molar-refractivity contribution in [2.45, 2.75) is 12.8 Å². The summed E-state index contributed by atoms with van der Waals surface area (Å²) in [4.78, 5) is 37.7. The van der Waals surface area contributed by atoms with E-state index in [1.807, 2.05) is 11.0 Å². The zero-order valence-electron chi connectivity index (χ0n) is 17.3. The van der Waals surface area contributed by atoms with Crippen LogP contribution in [0.25, 0.3) is 0 Å². The third kappa shape index (κ3) is 6.05. The average molecular weight is 425 g/mol. The number of carbonyl (C=O) groups excluding carboxylic acids is 1. The number of rotatable bonds is 3.